The SMILES string of the molecule is CCN(CC(C)(C)CCC#N)S(=O)(=O)c1ccc2c(c1)OCO2. The normalized spacial score (nSPS) is 14.0. The van der Waals surface area contributed by atoms with E-state index in [9.17, 15) is 8.42 Å². The second kappa shape index (κ2) is 6.77. The van der Waals surface area contributed by atoms with Gasteiger partial charge in [0.15, 0.2) is 11.5 Å². The molecule has 0 saturated heterocycles. The van der Waals surface area contributed by atoms with Crippen LogP contribution in [0.4, 0.5) is 0 Å². The Balaban J connectivity index is 2.24. The van der Waals surface area contributed by atoms with E-state index in [0.717, 1.165) is 0 Å². The monoisotopic (exact) mass is 338 g/mol. The predicted octanol–water partition coefficient (Wildman–Crippen LogP) is 2.76. The lowest BCUT2D eigenvalue weighted by molar-refractivity contribution is 0.174. The lowest BCUT2D eigenvalue weighted by Gasteiger charge is -2.31. The van der Waals surface area contributed by atoms with Crippen molar-refractivity contribution in [2.45, 2.75) is 38.5 Å². The molecule has 1 aromatic rings. The van der Waals surface area contributed by atoms with Crippen LogP contribution in [-0.2, 0) is 10.0 Å². The number of sulfonamides is 1. The highest BCUT2D eigenvalue weighted by Crippen LogP contribution is 2.35. The van der Waals surface area contributed by atoms with Crippen LogP contribution in [0.5, 0.6) is 11.5 Å². The summed E-state index contributed by atoms with van der Waals surface area (Å²) in [5.74, 6) is 1.01. The molecular weight excluding hydrogens is 316 g/mol. The van der Waals surface area contributed by atoms with Crippen molar-refractivity contribution < 1.29 is 17.9 Å². The summed E-state index contributed by atoms with van der Waals surface area (Å²) in [6.45, 7) is 6.60. The van der Waals surface area contributed by atoms with Gasteiger partial charge >= 0.3 is 0 Å². The van der Waals surface area contributed by atoms with Crippen LogP contribution in [-0.4, -0.2) is 32.6 Å². The van der Waals surface area contributed by atoms with Crippen molar-refractivity contribution >= 4 is 10.0 Å². The highest BCUT2D eigenvalue weighted by Gasteiger charge is 2.30. The fourth-order valence-corrected chi connectivity index (χ4v) is 4.16. The summed E-state index contributed by atoms with van der Waals surface area (Å²) in [7, 11) is -3.62. The summed E-state index contributed by atoms with van der Waals surface area (Å²) >= 11 is 0. The number of nitriles is 1. The van der Waals surface area contributed by atoms with Crippen LogP contribution in [0.1, 0.15) is 33.6 Å². The summed E-state index contributed by atoms with van der Waals surface area (Å²) in [4.78, 5) is 0.194. The second-order valence-electron chi connectivity index (χ2n) is 6.27. The molecule has 0 amide bonds. The molecule has 0 aromatic heterocycles. The van der Waals surface area contributed by atoms with E-state index in [1.54, 1.807) is 6.07 Å². The first-order valence-corrected chi connectivity index (χ1v) is 9.01. The molecule has 23 heavy (non-hydrogen) atoms. The predicted molar refractivity (Wildman–Crippen MR) is 85.6 cm³/mol. The highest BCUT2D eigenvalue weighted by molar-refractivity contribution is 7.89. The molecule has 1 aliphatic heterocycles. The Labute approximate surface area is 137 Å². The van der Waals surface area contributed by atoms with Gasteiger partial charge in [-0.3, -0.25) is 0 Å². The van der Waals surface area contributed by atoms with E-state index >= 15 is 0 Å². The second-order valence-corrected chi connectivity index (χ2v) is 8.21. The summed E-state index contributed by atoms with van der Waals surface area (Å²) in [5.41, 5.74) is -0.269. The van der Waals surface area contributed by atoms with Crippen molar-refractivity contribution in [1.82, 2.24) is 4.31 Å². The molecule has 2 rings (SSSR count). The maximum Gasteiger partial charge on any atom is 0.243 e. The molecule has 0 saturated carbocycles. The van der Waals surface area contributed by atoms with Gasteiger partial charge in [-0.15, -0.1) is 0 Å². The molecule has 1 aliphatic rings. The van der Waals surface area contributed by atoms with Crippen molar-refractivity contribution in [1.29, 1.82) is 5.26 Å². The number of rotatable bonds is 7. The molecule has 126 valence electrons. The van der Waals surface area contributed by atoms with E-state index in [-0.39, 0.29) is 17.1 Å². The van der Waals surface area contributed by atoms with E-state index in [1.807, 2.05) is 20.8 Å². The number of benzene rings is 1. The molecule has 0 aliphatic carbocycles. The first-order chi connectivity index (χ1) is 10.8. The van der Waals surface area contributed by atoms with Gasteiger partial charge in [-0.25, -0.2) is 8.42 Å². The molecule has 1 heterocycles. The summed E-state index contributed by atoms with van der Waals surface area (Å²) in [5, 5.41) is 8.74. The quantitative estimate of drug-likeness (QED) is 0.764. The lowest BCUT2D eigenvalue weighted by Crippen LogP contribution is -2.38. The van der Waals surface area contributed by atoms with Crippen molar-refractivity contribution in [2.75, 3.05) is 19.9 Å². The fourth-order valence-electron chi connectivity index (χ4n) is 2.50. The fraction of sp³-hybridized carbons (Fsp3) is 0.562. The Hall–Kier alpha value is -1.78. The van der Waals surface area contributed by atoms with Gasteiger partial charge in [-0.05, 0) is 24.0 Å². The van der Waals surface area contributed by atoms with Crippen LogP contribution in [0.25, 0.3) is 0 Å². The zero-order valence-electron chi connectivity index (χ0n) is 13.7. The Kier molecular flexibility index (Phi) is 5.17. The zero-order valence-corrected chi connectivity index (χ0v) is 14.5. The van der Waals surface area contributed by atoms with Gasteiger partial charge < -0.3 is 9.47 Å². The van der Waals surface area contributed by atoms with Crippen molar-refractivity contribution in [2.24, 2.45) is 5.41 Å². The average Bonchev–Trinajstić information content (AvgIpc) is 2.98. The third-order valence-corrected chi connectivity index (χ3v) is 5.77. The van der Waals surface area contributed by atoms with Gasteiger partial charge in [0.25, 0.3) is 0 Å². The Morgan fingerprint density at radius 2 is 2.00 bits per heavy atom. The van der Waals surface area contributed by atoms with Gasteiger partial charge in [0.1, 0.15) is 0 Å². The molecule has 0 radical (unpaired) electrons. The molecule has 7 heteroatoms. The first kappa shape index (κ1) is 17.6. The topological polar surface area (TPSA) is 79.6 Å². The van der Waals surface area contributed by atoms with Gasteiger partial charge in [-0.2, -0.15) is 9.57 Å². The van der Waals surface area contributed by atoms with Crippen molar-refractivity contribution in [3.8, 4) is 17.6 Å². The Bertz CT molecular complexity index is 707. The lowest BCUT2D eigenvalue weighted by atomic mass is 9.88. The maximum atomic E-state index is 12.9. The summed E-state index contributed by atoms with van der Waals surface area (Å²) in [6.07, 6.45) is 1.06. The third kappa shape index (κ3) is 3.95. The van der Waals surface area contributed by atoms with Gasteiger partial charge in [0, 0.05) is 25.6 Å². The number of hydrogen-bond acceptors (Lipinski definition) is 5. The molecule has 0 spiro atoms. The van der Waals surface area contributed by atoms with E-state index in [0.29, 0.717) is 37.4 Å². The van der Waals surface area contributed by atoms with Crippen LogP contribution >= 0.6 is 0 Å². The Morgan fingerprint density at radius 3 is 2.65 bits per heavy atom. The highest BCUT2D eigenvalue weighted by atomic mass is 32.2. The molecule has 0 N–H and O–H groups in total. The minimum atomic E-state index is -3.62. The van der Waals surface area contributed by atoms with E-state index in [1.165, 1.54) is 16.4 Å². The third-order valence-electron chi connectivity index (χ3n) is 3.85. The Morgan fingerprint density at radius 1 is 1.30 bits per heavy atom. The number of ether oxygens (including phenoxy) is 2. The minimum absolute atomic E-state index is 0.109. The zero-order chi connectivity index (χ0) is 17.1. The summed E-state index contributed by atoms with van der Waals surface area (Å²) in [6, 6.07) is 6.77. The van der Waals surface area contributed by atoms with E-state index < -0.39 is 10.0 Å². The maximum absolute atomic E-state index is 12.9. The molecule has 0 bridgehead atoms. The van der Waals surface area contributed by atoms with Crippen LogP contribution in [0, 0.1) is 16.7 Å². The molecule has 0 fully saturated rings. The van der Waals surface area contributed by atoms with Crippen molar-refractivity contribution in [3.63, 3.8) is 0 Å². The number of hydrogen-bond donors (Lipinski definition) is 0. The van der Waals surface area contributed by atoms with Gasteiger partial charge in [0.05, 0.1) is 11.0 Å². The van der Waals surface area contributed by atoms with Crippen molar-refractivity contribution in [3.05, 3.63) is 18.2 Å². The van der Waals surface area contributed by atoms with Crippen LogP contribution in [0.15, 0.2) is 23.1 Å². The van der Waals surface area contributed by atoms with Gasteiger partial charge in [-0.1, -0.05) is 20.8 Å². The number of fused-ring (bicyclic) bond motifs is 1. The van der Waals surface area contributed by atoms with Crippen LogP contribution < -0.4 is 9.47 Å². The van der Waals surface area contributed by atoms with Crippen LogP contribution in [0.3, 0.4) is 0 Å². The average molecular weight is 338 g/mol. The van der Waals surface area contributed by atoms with E-state index in [2.05, 4.69) is 6.07 Å². The smallest absolute Gasteiger partial charge is 0.243 e. The van der Waals surface area contributed by atoms with Crippen LogP contribution in [0.2, 0.25) is 0 Å². The summed E-state index contributed by atoms with van der Waals surface area (Å²) < 4.78 is 37.7. The standard InChI is InChI=1S/C16H22N2O4S/c1-4-18(11-16(2,3)8-5-9-17)23(19,20)13-6-7-14-15(10-13)22-12-21-14/h6-7,10H,4-5,8,11-12H2,1-3H3. The van der Waals surface area contributed by atoms with E-state index in [4.69, 9.17) is 14.7 Å². The molecule has 6 nitrogen and oxygen atoms in total. The first-order valence-electron chi connectivity index (χ1n) is 7.57. The molecular formula is C16H22N2O4S. The molecule has 0 atom stereocenters. The number of nitrogens with zero attached hydrogens (tertiary/aromatic N) is 2. The largest absolute Gasteiger partial charge is 0.454 e. The molecule has 1 aromatic carbocycles. The van der Waals surface area contributed by atoms with Gasteiger partial charge in [0.2, 0.25) is 16.8 Å². The molecule has 0 unspecified atom stereocenters. The minimum Gasteiger partial charge on any atom is -0.454 e.